The molecule has 0 saturated heterocycles. The van der Waals surface area contributed by atoms with Gasteiger partial charge in [-0.05, 0) is 25.2 Å². The van der Waals surface area contributed by atoms with E-state index in [-0.39, 0.29) is 12.1 Å². The van der Waals surface area contributed by atoms with Crippen molar-refractivity contribution in [2.24, 2.45) is 11.8 Å². The number of unbranched alkanes of at least 4 members (excludes halogenated alkanes) is 3. The number of hydrogen-bond acceptors (Lipinski definition) is 2. The van der Waals surface area contributed by atoms with Crippen LogP contribution in [-0.4, -0.2) is 12.1 Å². The van der Waals surface area contributed by atoms with Crippen LogP contribution < -0.4 is 0 Å². The van der Waals surface area contributed by atoms with Gasteiger partial charge in [0.1, 0.15) is 6.10 Å². The van der Waals surface area contributed by atoms with E-state index in [1.165, 1.54) is 44.9 Å². The van der Waals surface area contributed by atoms with Gasteiger partial charge < -0.3 is 4.74 Å². The molecule has 0 aliphatic heterocycles. The van der Waals surface area contributed by atoms with Crippen LogP contribution in [0, 0.1) is 11.8 Å². The predicted octanol–water partition coefficient (Wildman–Crippen LogP) is 5.74. The van der Waals surface area contributed by atoms with Crippen LogP contribution in [0.2, 0.25) is 0 Å². The minimum atomic E-state index is -0.0753. The van der Waals surface area contributed by atoms with Gasteiger partial charge in [0, 0.05) is 6.42 Å². The standard InChI is InChI=1S/C18H36O2/c1-6-8-9-10-12-15(3)13-11-14-16(4)17(5)20-18(19)7-2/h15-17H,6-14H2,1-5H3/t15-,16-,17+/m0/s1. The molecule has 0 fully saturated rings. The zero-order chi connectivity index (χ0) is 15.4. The van der Waals surface area contributed by atoms with Crippen molar-refractivity contribution >= 4 is 5.97 Å². The molecule has 0 aromatic rings. The molecule has 120 valence electrons. The topological polar surface area (TPSA) is 26.3 Å². The molecule has 3 atom stereocenters. The second-order valence-corrected chi connectivity index (χ2v) is 6.41. The molecule has 0 N–H and O–H groups in total. The van der Waals surface area contributed by atoms with E-state index in [1.807, 2.05) is 13.8 Å². The van der Waals surface area contributed by atoms with Gasteiger partial charge in [0.15, 0.2) is 0 Å². The van der Waals surface area contributed by atoms with Crippen molar-refractivity contribution in [2.45, 2.75) is 98.5 Å². The van der Waals surface area contributed by atoms with Crippen molar-refractivity contribution in [3.05, 3.63) is 0 Å². The van der Waals surface area contributed by atoms with Crippen LogP contribution in [-0.2, 0) is 9.53 Å². The lowest BCUT2D eigenvalue weighted by Crippen LogP contribution is -2.21. The zero-order valence-corrected chi connectivity index (χ0v) is 14.4. The summed E-state index contributed by atoms with van der Waals surface area (Å²) in [5.41, 5.74) is 0. The number of hydrogen-bond donors (Lipinski definition) is 0. The molecule has 0 heterocycles. The average molecular weight is 284 g/mol. The number of rotatable bonds is 12. The Hall–Kier alpha value is -0.530. The van der Waals surface area contributed by atoms with E-state index in [0.29, 0.717) is 12.3 Å². The van der Waals surface area contributed by atoms with Gasteiger partial charge >= 0.3 is 5.97 Å². The Morgan fingerprint density at radius 2 is 1.55 bits per heavy atom. The van der Waals surface area contributed by atoms with E-state index in [4.69, 9.17) is 4.74 Å². The molecule has 0 aromatic carbocycles. The Bertz CT molecular complexity index is 238. The van der Waals surface area contributed by atoms with Crippen molar-refractivity contribution in [3.8, 4) is 0 Å². The Morgan fingerprint density at radius 3 is 2.15 bits per heavy atom. The zero-order valence-electron chi connectivity index (χ0n) is 14.4. The van der Waals surface area contributed by atoms with Crippen LogP contribution in [0.25, 0.3) is 0 Å². The van der Waals surface area contributed by atoms with Gasteiger partial charge in [-0.2, -0.15) is 0 Å². The Labute approximate surface area is 126 Å². The maximum Gasteiger partial charge on any atom is 0.305 e. The number of esters is 1. The highest BCUT2D eigenvalue weighted by Crippen LogP contribution is 2.21. The van der Waals surface area contributed by atoms with Crippen molar-refractivity contribution in [1.29, 1.82) is 0 Å². The number of carbonyl (C=O) groups excluding carboxylic acids is 1. The van der Waals surface area contributed by atoms with Crippen LogP contribution in [0.1, 0.15) is 92.4 Å². The monoisotopic (exact) mass is 284 g/mol. The van der Waals surface area contributed by atoms with E-state index in [9.17, 15) is 4.79 Å². The summed E-state index contributed by atoms with van der Waals surface area (Å²) in [6.45, 7) is 10.7. The molecule has 0 radical (unpaired) electrons. The highest BCUT2D eigenvalue weighted by molar-refractivity contribution is 5.69. The third kappa shape index (κ3) is 10.3. The smallest absolute Gasteiger partial charge is 0.305 e. The summed E-state index contributed by atoms with van der Waals surface area (Å²) in [7, 11) is 0. The first-order chi connectivity index (χ1) is 9.51. The summed E-state index contributed by atoms with van der Waals surface area (Å²) in [5, 5.41) is 0. The molecular formula is C18H36O2. The SMILES string of the molecule is CCCCCC[C@H](C)CCC[C@H](C)[C@@H](C)OC(=O)CC. The molecule has 0 aromatic heterocycles. The summed E-state index contributed by atoms with van der Waals surface area (Å²) in [4.78, 5) is 11.3. The van der Waals surface area contributed by atoms with Crippen LogP contribution in [0.15, 0.2) is 0 Å². The van der Waals surface area contributed by atoms with Crippen LogP contribution in [0.5, 0.6) is 0 Å². The molecule has 0 saturated carbocycles. The second kappa shape index (κ2) is 12.2. The molecule has 2 heteroatoms. The minimum Gasteiger partial charge on any atom is -0.462 e. The molecule has 0 rings (SSSR count). The first kappa shape index (κ1) is 19.5. The normalized spacial score (nSPS) is 15.7. The molecular weight excluding hydrogens is 248 g/mol. The quantitative estimate of drug-likeness (QED) is 0.337. The van der Waals surface area contributed by atoms with Crippen molar-refractivity contribution in [2.75, 3.05) is 0 Å². The van der Waals surface area contributed by atoms with Crippen LogP contribution in [0.3, 0.4) is 0 Å². The summed E-state index contributed by atoms with van der Waals surface area (Å²) < 4.78 is 5.37. The summed E-state index contributed by atoms with van der Waals surface area (Å²) in [6.07, 6.45) is 11.1. The van der Waals surface area contributed by atoms with Gasteiger partial charge in [-0.15, -0.1) is 0 Å². The maximum atomic E-state index is 11.3. The van der Waals surface area contributed by atoms with Crippen LogP contribution >= 0.6 is 0 Å². The van der Waals surface area contributed by atoms with Gasteiger partial charge in [0.25, 0.3) is 0 Å². The van der Waals surface area contributed by atoms with Crippen molar-refractivity contribution < 1.29 is 9.53 Å². The van der Waals surface area contributed by atoms with E-state index in [0.717, 1.165) is 12.3 Å². The lowest BCUT2D eigenvalue weighted by molar-refractivity contribution is -0.150. The lowest BCUT2D eigenvalue weighted by atomic mass is 9.93. The fourth-order valence-corrected chi connectivity index (χ4v) is 2.49. The Kier molecular flexibility index (Phi) is 11.9. The van der Waals surface area contributed by atoms with Gasteiger partial charge in [-0.25, -0.2) is 0 Å². The lowest BCUT2D eigenvalue weighted by Gasteiger charge is -2.21. The molecule has 0 spiro atoms. The number of carbonyl (C=O) groups is 1. The van der Waals surface area contributed by atoms with E-state index in [2.05, 4.69) is 20.8 Å². The average Bonchev–Trinajstić information content (AvgIpc) is 2.43. The fourth-order valence-electron chi connectivity index (χ4n) is 2.49. The third-order valence-electron chi connectivity index (χ3n) is 4.31. The van der Waals surface area contributed by atoms with Crippen LogP contribution in [0.4, 0.5) is 0 Å². The Balaban J connectivity index is 3.63. The predicted molar refractivity (Wildman–Crippen MR) is 86.8 cm³/mol. The van der Waals surface area contributed by atoms with Crippen molar-refractivity contribution in [1.82, 2.24) is 0 Å². The highest BCUT2D eigenvalue weighted by atomic mass is 16.5. The second-order valence-electron chi connectivity index (χ2n) is 6.41. The van der Waals surface area contributed by atoms with E-state index >= 15 is 0 Å². The molecule has 0 amide bonds. The van der Waals surface area contributed by atoms with Gasteiger partial charge in [-0.1, -0.05) is 72.6 Å². The molecule has 2 nitrogen and oxygen atoms in total. The first-order valence-corrected chi connectivity index (χ1v) is 8.70. The first-order valence-electron chi connectivity index (χ1n) is 8.70. The van der Waals surface area contributed by atoms with Gasteiger partial charge in [0.2, 0.25) is 0 Å². The van der Waals surface area contributed by atoms with Gasteiger partial charge in [-0.3, -0.25) is 4.79 Å². The summed E-state index contributed by atoms with van der Waals surface area (Å²) in [6, 6.07) is 0. The van der Waals surface area contributed by atoms with Crippen molar-refractivity contribution in [3.63, 3.8) is 0 Å². The van der Waals surface area contributed by atoms with Gasteiger partial charge in [0.05, 0.1) is 0 Å². The Morgan fingerprint density at radius 1 is 0.900 bits per heavy atom. The summed E-state index contributed by atoms with van der Waals surface area (Å²) >= 11 is 0. The molecule has 0 aliphatic rings. The highest BCUT2D eigenvalue weighted by Gasteiger charge is 2.16. The fraction of sp³-hybridized carbons (Fsp3) is 0.944. The minimum absolute atomic E-state index is 0.0577. The largest absolute Gasteiger partial charge is 0.462 e. The molecule has 0 aliphatic carbocycles. The number of ether oxygens (including phenoxy) is 1. The third-order valence-corrected chi connectivity index (χ3v) is 4.31. The maximum absolute atomic E-state index is 11.3. The molecule has 0 unspecified atom stereocenters. The summed E-state index contributed by atoms with van der Waals surface area (Å²) in [5.74, 6) is 1.24. The molecule has 0 bridgehead atoms. The molecule has 20 heavy (non-hydrogen) atoms. The van der Waals surface area contributed by atoms with E-state index in [1.54, 1.807) is 0 Å². The van der Waals surface area contributed by atoms with E-state index < -0.39 is 0 Å².